The van der Waals surface area contributed by atoms with E-state index in [9.17, 15) is 8.42 Å². The van der Waals surface area contributed by atoms with Crippen LogP contribution in [0.4, 0.5) is 5.82 Å². The van der Waals surface area contributed by atoms with Crippen LogP contribution in [0.15, 0.2) is 23.2 Å². The molecule has 2 heterocycles. The van der Waals surface area contributed by atoms with E-state index < -0.39 is 9.84 Å². The number of sulfone groups is 1. The fraction of sp³-hybridized carbons (Fsp3) is 0.545. The zero-order valence-corrected chi connectivity index (χ0v) is 10.5. The highest BCUT2D eigenvalue weighted by Crippen LogP contribution is 2.27. The molecule has 0 aromatic carbocycles. The van der Waals surface area contributed by atoms with Crippen molar-refractivity contribution in [1.29, 1.82) is 0 Å². The molecule has 1 unspecified atom stereocenters. The summed E-state index contributed by atoms with van der Waals surface area (Å²) < 4.78 is 23.3. The van der Waals surface area contributed by atoms with Crippen molar-refractivity contribution >= 4 is 15.7 Å². The van der Waals surface area contributed by atoms with Crippen molar-refractivity contribution in [2.45, 2.75) is 11.3 Å². The van der Waals surface area contributed by atoms with Crippen LogP contribution in [0.5, 0.6) is 0 Å². The topological polar surface area (TPSA) is 70.5 Å². The molecule has 1 saturated heterocycles. The molecule has 1 aromatic heterocycles. The number of aliphatic hydroxyl groups excluding tert-OH is 1. The fourth-order valence-electron chi connectivity index (χ4n) is 2.08. The van der Waals surface area contributed by atoms with E-state index in [0.29, 0.717) is 12.4 Å². The second-order valence-electron chi connectivity index (χ2n) is 4.38. The van der Waals surface area contributed by atoms with Gasteiger partial charge in [-0.1, -0.05) is 0 Å². The summed E-state index contributed by atoms with van der Waals surface area (Å²) in [4.78, 5) is 6.35. The standard InChI is InChI=1S/C11H16N2O3S/c1-17(15,16)10-3-2-5-12-11(10)13-6-4-9(7-13)8-14/h2-3,5,9,14H,4,6-8H2,1H3. The van der Waals surface area contributed by atoms with Crippen molar-refractivity contribution in [3.8, 4) is 0 Å². The van der Waals surface area contributed by atoms with Gasteiger partial charge < -0.3 is 10.0 Å². The van der Waals surface area contributed by atoms with Gasteiger partial charge >= 0.3 is 0 Å². The molecule has 94 valence electrons. The highest BCUT2D eigenvalue weighted by atomic mass is 32.2. The fourth-order valence-corrected chi connectivity index (χ4v) is 2.92. The minimum absolute atomic E-state index is 0.136. The van der Waals surface area contributed by atoms with Gasteiger partial charge in [-0.2, -0.15) is 0 Å². The molecular weight excluding hydrogens is 240 g/mol. The molecule has 1 N–H and O–H groups in total. The van der Waals surface area contributed by atoms with E-state index in [1.807, 2.05) is 4.90 Å². The van der Waals surface area contributed by atoms with Crippen LogP contribution in [0.1, 0.15) is 6.42 Å². The minimum Gasteiger partial charge on any atom is -0.396 e. The Morgan fingerprint density at radius 2 is 2.35 bits per heavy atom. The summed E-state index contributed by atoms with van der Waals surface area (Å²) in [5.41, 5.74) is 0. The van der Waals surface area contributed by atoms with Gasteiger partial charge in [-0.3, -0.25) is 0 Å². The lowest BCUT2D eigenvalue weighted by molar-refractivity contribution is 0.238. The van der Waals surface area contributed by atoms with Gasteiger partial charge in [0.1, 0.15) is 10.7 Å². The number of nitrogens with zero attached hydrogens (tertiary/aromatic N) is 2. The van der Waals surface area contributed by atoms with Gasteiger partial charge in [0, 0.05) is 38.1 Å². The molecule has 17 heavy (non-hydrogen) atoms. The van der Waals surface area contributed by atoms with Crippen LogP contribution < -0.4 is 4.90 Å². The SMILES string of the molecule is CS(=O)(=O)c1cccnc1N1CCC(CO)C1. The van der Waals surface area contributed by atoms with E-state index in [2.05, 4.69) is 4.98 Å². The maximum atomic E-state index is 11.6. The van der Waals surface area contributed by atoms with Gasteiger partial charge in [-0.05, 0) is 18.6 Å². The van der Waals surface area contributed by atoms with Crippen LogP contribution in [0, 0.1) is 5.92 Å². The average Bonchev–Trinajstić information content (AvgIpc) is 2.76. The smallest absolute Gasteiger partial charge is 0.179 e. The number of aromatic nitrogens is 1. The van der Waals surface area contributed by atoms with Crippen LogP contribution in [0.25, 0.3) is 0 Å². The van der Waals surface area contributed by atoms with Gasteiger partial charge in [0.25, 0.3) is 0 Å². The molecule has 0 saturated carbocycles. The molecule has 1 aliphatic rings. The van der Waals surface area contributed by atoms with Gasteiger partial charge in [-0.25, -0.2) is 13.4 Å². The lowest BCUT2D eigenvalue weighted by atomic mass is 10.1. The predicted octanol–water partition coefficient (Wildman–Crippen LogP) is 0.304. The second-order valence-corrected chi connectivity index (χ2v) is 6.36. The largest absolute Gasteiger partial charge is 0.396 e. The summed E-state index contributed by atoms with van der Waals surface area (Å²) in [5.74, 6) is 0.718. The Labute approximate surface area is 101 Å². The van der Waals surface area contributed by atoms with Crippen LogP contribution in [-0.2, 0) is 9.84 Å². The average molecular weight is 256 g/mol. The molecule has 0 bridgehead atoms. The van der Waals surface area contributed by atoms with Crippen LogP contribution in [0.3, 0.4) is 0 Å². The summed E-state index contributed by atoms with van der Waals surface area (Å²) in [6.07, 6.45) is 3.65. The number of pyridine rings is 1. The van der Waals surface area contributed by atoms with E-state index in [1.165, 1.54) is 6.26 Å². The predicted molar refractivity (Wildman–Crippen MR) is 64.8 cm³/mol. The first kappa shape index (κ1) is 12.3. The zero-order valence-electron chi connectivity index (χ0n) is 9.70. The highest BCUT2D eigenvalue weighted by Gasteiger charge is 2.26. The molecule has 1 aliphatic heterocycles. The molecule has 0 spiro atoms. The van der Waals surface area contributed by atoms with Crippen molar-refractivity contribution in [2.24, 2.45) is 5.92 Å². The van der Waals surface area contributed by atoms with Gasteiger partial charge in [0.2, 0.25) is 0 Å². The summed E-state index contributed by atoms with van der Waals surface area (Å²) in [6.45, 7) is 1.54. The molecule has 0 radical (unpaired) electrons. The van der Waals surface area contributed by atoms with Crippen molar-refractivity contribution in [3.63, 3.8) is 0 Å². The van der Waals surface area contributed by atoms with Gasteiger partial charge in [0.15, 0.2) is 9.84 Å². The summed E-state index contributed by atoms with van der Waals surface area (Å²) in [7, 11) is -3.26. The van der Waals surface area contributed by atoms with Gasteiger partial charge in [-0.15, -0.1) is 0 Å². The van der Waals surface area contributed by atoms with Crippen molar-refractivity contribution < 1.29 is 13.5 Å². The number of hydrogen-bond donors (Lipinski definition) is 1. The first-order valence-electron chi connectivity index (χ1n) is 5.53. The van der Waals surface area contributed by atoms with E-state index in [1.54, 1.807) is 18.3 Å². The summed E-state index contributed by atoms with van der Waals surface area (Å²) in [5, 5.41) is 9.09. The normalized spacial score (nSPS) is 20.8. The molecule has 6 heteroatoms. The number of aliphatic hydroxyl groups is 1. The monoisotopic (exact) mass is 256 g/mol. The second kappa shape index (κ2) is 4.62. The number of hydrogen-bond acceptors (Lipinski definition) is 5. The molecule has 0 aliphatic carbocycles. The Morgan fingerprint density at radius 1 is 1.59 bits per heavy atom. The molecular formula is C11H16N2O3S. The summed E-state index contributed by atoms with van der Waals surface area (Å²) in [6, 6.07) is 3.20. The number of rotatable bonds is 3. The van der Waals surface area contributed by atoms with Gasteiger partial charge in [0.05, 0.1) is 0 Å². The zero-order chi connectivity index (χ0) is 12.5. The maximum absolute atomic E-state index is 11.6. The van der Waals surface area contributed by atoms with E-state index >= 15 is 0 Å². The van der Waals surface area contributed by atoms with Crippen LogP contribution in [-0.4, -0.2) is 44.5 Å². The molecule has 1 fully saturated rings. The third-order valence-corrected chi connectivity index (χ3v) is 4.11. The molecule has 0 amide bonds. The third kappa shape index (κ3) is 2.58. The molecule has 5 nitrogen and oxygen atoms in total. The lowest BCUT2D eigenvalue weighted by Crippen LogP contribution is -2.23. The Balaban J connectivity index is 2.34. The maximum Gasteiger partial charge on any atom is 0.179 e. The lowest BCUT2D eigenvalue weighted by Gasteiger charge is -2.19. The van der Waals surface area contributed by atoms with Crippen molar-refractivity contribution in [1.82, 2.24) is 4.98 Å². The first-order valence-corrected chi connectivity index (χ1v) is 7.42. The molecule has 2 rings (SSSR count). The third-order valence-electron chi connectivity index (χ3n) is 2.99. The quantitative estimate of drug-likeness (QED) is 0.842. The Kier molecular flexibility index (Phi) is 3.35. The first-order chi connectivity index (χ1) is 8.02. The highest BCUT2D eigenvalue weighted by molar-refractivity contribution is 7.90. The minimum atomic E-state index is -3.26. The van der Waals surface area contributed by atoms with E-state index in [4.69, 9.17) is 5.11 Å². The molecule has 1 aromatic rings. The summed E-state index contributed by atoms with van der Waals surface area (Å²) >= 11 is 0. The Bertz CT molecular complexity index is 501. The Morgan fingerprint density at radius 3 is 2.94 bits per heavy atom. The van der Waals surface area contributed by atoms with Crippen molar-refractivity contribution in [3.05, 3.63) is 18.3 Å². The number of anilines is 1. The molecule has 1 atom stereocenters. The van der Waals surface area contributed by atoms with E-state index in [-0.39, 0.29) is 17.4 Å². The van der Waals surface area contributed by atoms with E-state index in [0.717, 1.165) is 13.0 Å². The Hall–Kier alpha value is -1.14. The van der Waals surface area contributed by atoms with Crippen LogP contribution >= 0.6 is 0 Å². The van der Waals surface area contributed by atoms with Crippen LogP contribution in [0.2, 0.25) is 0 Å². The van der Waals surface area contributed by atoms with Crippen molar-refractivity contribution in [2.75, 3.05) is 30.9 Å².